The lowest BCUT2D eigenvalue weighted by Gasteiger charge is -2.14. The molecule has 2 atom stereocenters. The molecule has 0 unspecified atom stereocenters. The van der Waals surface area contributed by atoms with Crippen molar-refractivity contribution in [3.05, 3.63) is 41.2 Å². The van der Waals surface area contributed by atoms with Crippen LogP contribution in [0.25, 0.3) is 11.3 Å². The minimum Gasteiger partial charge on any atom is -0.504 e. The molecule has 1 aromatic carbocycles. The fraction of sp³-hybridized carbons (Fsp3) is 0.400. The molecule has 4 rings (SSSR count). The molecule has 12 nitrogen and oxygen atoms in total. The maximum atomic E-state index is 13.0. The Balaban J connectivity index is 1.43. The van der Waals surface area contributed by atoms with Gasteiger partial charge < -0.3 is 25.2 Å². The highest BCUT2D eigenvalue weighted by Gasteiger charge is 2.30. The molecule has 0 radical (unpaired) electrons. The molecule has 1 fully saturated rings. The van der Waals surface area contributed by atoms with E-state index in [1.165, 1.54) is 23.9 Å². The number of rotatable bonds is 8. The first kappa shape index (κ1) is 25.7. The summed E-state index contributed by atoms with van der Waals surface area (Å²) in [6, 6.07) is 6.42. The fourth-order valence-corrected chi connectivity index (χ4v) is 4.45. The zero-order valence-corrected chi connectivity index (χ0v) is 21.1. The Morgan fingerprint density at radius 3 is 2.76 bits per heavy atom. The van der Waals surface area contributed by atoms with Crippen molar-refractivity contribution >= 4 is 24.1 Å². The number of alkyl carbamates (subject to hydrolysis) is 1. The Kier molecular flexibility index (Phi) is 7.46. The normalized spacial score (nSPS) is 17.0. The van der Waals surface area contributed by atoms with Crippen LogP contribution < -0.4 is 15.4 Å². The highest BCUT2D eigenvalue weighted by Crippen LogP contribution is 2.37. The monoisotopic (exact) mass is 510 g/mol. The van der Waals surface area contributed by atoms with Gasteiger partial charge in [0, 0.05) is 36.3 Å². The predicted octanol–water partition coefficient (Wildman–Crippen LogP) is 3.36. The molecule has 196 valence electrons. The number of aromatic hydroxyl groups is 1. The standard InChI is InChI=1S/C25H30N6O6/c1-13(2)26-25(35)37-15-6-5-14(9-15)18-11-22(29-28-18)27-24(34)20-10-19(30-31(20)3)16-7-8-21(36-4)23(33)17(16)12-32/h7-8,10-15,33H,5-6,9H2,1-4H3,(H,26,35)(H2,27,28,29,34)/t14-,15+/m0/s1. The number of amides is 2. The van der Waals surface area contributed by atoms with Crippen molar-refractivity contribution in [2.24, 2.45) is 7.05 Å². The number of H-pyrrole nitrogens is 1. The van der Waals surface area contributed by atoms with E-state index in [0.717, 1.165) is 18.5 Å². The quantitative estimate of drug-likeness (QED) is 0.336. The molecule has 0 bridgehead atoms. The van der Waals surface area contributed by atoms with Gasteiger partial charge in [0.1, 0.15) is 11.8 Å². The van der Waals surface area contributed by atoms with E-state index in [9.17, 15) is 19.5 Å². The number of nitrogens with zero attached hydrogens (tertiary/aromatic N) is 3. The van der Waals surface area contributed by atoms with Gasteiger partial charge in [-0.3, -0.25) is 19.4 Å². The van der Waals surface area contributed by atoms with Gasteiger partial charge >= 0.3 is 6.09 Å². The number of nitrogens with one attached hydrogen (secondary N) is 3. The molecule has 0 aliphatic heterocycles. The zero-order valence-electron chi connectivity index (χ0n) is 21.1. The van der Waals surface area contributed by atoms with E-state index in [2.05, 4.69) is 25.9 Å². The van der Waals surface area contributed by atoms with E-state index >= 15 is 0 Å². The number of methoxy groups -OCH3 is 1. The van der Waals surface area contributed by atoms with Gasteiger partial charge in [0.25, 0.3) is 5.91 Å². The third kappa shape index (κ3) is 5.57. The van der Waals surface area contributed by atoms with E-state index in [1.807, 2.05) is 13.8 Å². The minimum atomic E-state index is -0.442. The summed E-state index contributed by atoms with van der Waals surface area (Å²) in [6.07, 6.45) is 2.17. The molecule has 12 heteroatoms. The van der Waals surface area contributed by atoms with Crippen LogP contribution in [-0.2, 0) is 11.8 Å². The van der Waals surface area contributed by atoms with E-state index in [-0.39, 0.29) is 40.8 Å². The number of anilines is 1. The van der Waals surface area contributed by atoms with Crippen LogP contribution in [0.1, 0.15) is 65.6 Å². The highest BCUT2D eigenvalue weighted by atomic mass is 16.6. The van der Waals surface area contributed by atoms with Crippen LogP contribution in [0.2, 0.25) is 0 Å². The molecular formula is C25H30N6O6. The number of aromatic amines is 1. The Morgan fingerprint density at radius 1 is 1.27 bits per heavy atom. The summed E-state index contributed by atoms with van der Waals surface area (Å²) < 4.78 is 11.9. The molecule has 1 aliphatic rings. The van der Waals surface area contributed by atoms with Crippen molar-refractivity contribution in [2.75, 3.05) is 12.4 Å². The first-order valence-corrected chi connectivity index (χ1v) is 11.9. The molecule has 0 spiro atoms. The van der Waals surface area contributed by atoms with Crippen molar-refractivity contribution in [1.29, 1.82) is 0 Å². The van der Waals surface area contributed by atoms with Crippen molar-refractivity contribution < 1.29 is 29.0 Å². The summed E-state index contributed by atoms with van der Waals surface area (Å²) >= 11 is 0. The van der Waals surface area contributed by atoms with E-state index < -0.39 is 12.0 Å². The molecule has 37 heavy (non-hydrogen) atoms. The van der Waals surface area contributed by atoms with Gasteiger partial charge in [-0.15, -0.1) is 0 Å². The van der Waals surface area contributed by atoms with Crippen molar-refractivity contribution in [1.82, 2.24) is 25.3 Å². The van der Waals surface area contributed by atoms with Gasteiger partial charge in [0.2, 0.25) is 0 Å². The lowest BCUT2D eigenvalue weighted by molar-refractivity contribution is 0.0979. The molecule has 2 aromatic heterocycles. The Hall–Kier alpha value is -4.35. The largest absolute Gasteiger partial charge is 0.504 e. The first-order chi connectivity index (χ1) is 17.7. The van der Waals surface area contributed by atoms with E-state index in [4.69, 9.17) is 9.47 Å². The van der Waals surface area contributed by atoms with Crippen LogP contribution in [-0.4, -0.2) is 62.6 Å². The van der Waals surface area contributed by atoms with Crippen LogP contribution >= 0.6 is 0 Å². The highest BCUT2D eigenvalue weighted by molar-refractivity contribution is 6.03. The van der Waals surface area contributed by atoms with Gasteiger partial charge in [0.15, 0.2) is 23.6 Å². The molecule has 3 aromatic rings. The van der Waals surface area contributed by atoms with Crippen LogP contribution in [0.4, 0.5) is 10.6 Å². The summed E-state index contributed by atoms with van der Waals surface area (Å²) in [5.74, 6) is -0.102. The van der Waals surface area contributed by atoms with Gasteiger partial charge in [-0.2, -0.15) is 10.2 Å². The maximum absolute atomic E-state index is 13.0. The van der Waals surface area contributed by atoms with Gasteiger partial charge in [-0.1, -0.05) is 0 Å². The number of benzene rings is 1. The van der Waals surface area contributed by atoms with Crippen LogP contribution in [0, 0.1) is 0 Å². The van der Waals surface area contributed by atoms with Crippen molar-refractivity contribution in [2.45, 2.75) is 51.2 Å². The van der Waals surface area contributed by atoms with Crippen LogP contribution in [0.5, 0.6) is 11.5 Å². The second-order valence-corrected chi connectivity index (χ2v) is 9.23. The van der Waals surface area contributed by atoms with Gasteiger partial charge in [-0.05, 0) is 51.3 Å². The summed E-state index contributed by atoms with van der Waals surface area (Å²) in [5, 5.41) is 27.3. The minimum absolute atomic E-state index is 0.00871. The molecule has 4 N–H and O–H groups in total. The second-order valence-electron chi connectivity index (χ2n) is 9.23. The molecule has 1 saturated carbocycles. The average Bonchev–Trinajstić information content (AvgIpc) is 3.58. The molecule has 0 saturated heterocycles. The summed E-state index contributed by atoms with van der Waals surface area (Å²) in [6.45, 7) is 3.75. The van der Waals surface area contributed by atoms with Crippen molar-refractivity contribution in [3.63, 3.8) is 0 Å². The molecule has 1 aliphatic carbocycles. The third-order valence-electron chi connectivity index (χ3n) is 6.25. The SMILES string of the molecule is COc1ccc(-c2cc(C(=O)Nc3cc([C@H]4CC[C@@H](OC(=O)NC(C)C)C4)[nH]n3)n(C)n2)c(C=O)c1O. The molecular weight excluding hydrogens is 480 g/mol. The number of aromatic nitrogens is 4. The Labute approximate surface area is 213 Å². The van der Waals surface area contributed by atoms with Crippen LogP contribution in [0.3, 0.4) is 0 Å². The summed E-state index contributed by atoms with van der Waals surface area (Å²) in [4.78, 5) is 36.4. The number of hydrogen-bond donors (Lipinski definition) is 4. The number of carbonyl (C=O) groups excluding carboxylic acids is 3. The molecule has 2 heterocycles. The van der Waals surface area contributed by atoms with Crippen molar-refractivity contribution in [3.8, 4) is 22.8 Å². The number of hydrogen-bond acceptors (Lipinski definition) is 8. The Morgan fingerprint density at radius 2 is 2.05 bits per heavy atom. The lowest BCUT2D eigenvalue weighted by Crippen LogP contribution is -2.33. The van der Waals surface area contributed by atoms with Crippen LogP contribution in [0.15, 0.2) is 24.3 Å². The number of aryl methyl sites for hydroxylation is 1. The van der Waals surface area contributed by atoms with E-state index in [1.54, 1.807) is 19.2 Å². The second kappa shape index (κ2) is 10.7. The number of carbonyl (C=O) groups is 3. The smallest absolute Gasteiger partial charge is 0.407 e. The predicted molar refractivity (Wildman–Crippen MR) is 134 cm³/mol. The fourth-order valence-electron chi connectivity index (χ4n) is 4.45. The Bertz CT molecular complexity index is 1310. The number of phenols is 1. The van der Waals surface area contributed by atoms with Gasteiger partial charge in [-0.25, -0.2) is 4.79 Å². The topological polar surface area (TPSA) is 160 Å². The number of ether oxygens (including phenoxy) is 2. The molecule has 2 amide bonds. The first-order valence-electron chi connectivity index (χ1n) is 11.9. The number of aldehydes is 1. The third-order valence-corrected chi connectivity index (χ3v) is 6.25. The van der Waals surface area contributed by atoms with Gasteiger partial charge in [0.05, 0.1) is 18.4 Å². The van der Waals surface area contributed by atoms with E-state index in [0.29, 0.717) is 29.8 Å². The zero-order chi connectivity index (χ0) is 26.7. The number of phenolic OH excluding ortho intramolecular Hbond substituents is 1. The summed E-state index contributed by atoms with van der Waals surface area (Å²) in [7, 11) is 2.99. The average molecular weight is 511 g/mol. The maximum Gasteiger partial charge on any atom is 0.407 e. The summed E-state index contributed by atoms with van der Waals surface area (Å²) in [5.41, 5.74) is 1.80. The lowest BCUT2D eigenvalue weighted by atomic mass is 10.0.